The quantitative estimate of drug-likeness (QED) is 0.300. The molecule has 0 N–H and O–H groups in total. The van der Waals surface area contributed by atoms with Crippen molar-refractivity contribution in [1.82, 2.24) is 19.5 Å². The molecule has 32 heavy (non-hydrogen) atoms. The molecule has 0 bridgehead atoms. The third-order valence-electron chi connectivity index (χ3n) is 5.17. The highest BCUT2D eigenvalue weighted by molar-refractivity contribution is 6.36. The van der Waals surface area contributed by atoms with Gasteiger partial charge in [0.15, 0.2) is 5.76 Å². The van der Waals surface area contributed by atoms with Crippen LogP contribution in [0.1, 0.15) is 27.4 Å². The van der Waals surface area contributed by atoms with Gasteiger partial charge in [-0.25, -0.2) is 15.0 Å². The normalized spacial score (nSPS) is 11.2. The Balaban J connectivity index is 1.60. The first kappa shape index (κ1) is 20.4. The first-order valence-electron chi connectivity index (χ1n) is 9.81. The Morgan fingerprint density at radius 2 is 1.88 bits per heavy atom. The molecular weight excluding hydrogens is 447 g/mol. The molecule has 6 nitrogen and oxygen atoms in total. The zero-order valence-corrected chi connectivity index (χ0v) is 18.4. The Hall–Kier alpha value is -3.48. The van der Waals surface area contributed by atoms with Gasteiger partial charge in [-0.3, -0.25) is 4.79 Å². The Labute approximate surface area is 193 Å². The zero-order valence-electron chi connectivity index (χ0n) is 16.9. The molecule has 5 rings (SSSR count). The summed E-state index contributed by atoms with van der Waals surface area (Å²) < 4.78 is 7.63. The molecule has 0 amide bonds. The van der Waals surface area contributed by atoms with E-state index in [9.17, 15) is 4.79 Å². The van der Waals surface area contributed by atoms with Crippen molar-refractivity contribution in [2.45, 2.75) is 13.5 Å². The predicted molar refractivity (Wildman–Crippen MR) is 123 cm³/mol. The number of hydrogen-bond donors (Lipinski definition) is 0. The van der Waals surface area contributed by atoms with Gasteiger partial charge < -0.3 is 8.98 Å². The summed E-state index contributed by atoms with van der Waals surface area (Å²) in [4.78, 5) is 25.6. The second-order valence-electron chi connectivity index (χ2n) is 7.35. The van der Waals surface area contributed by atoms with E-state index in [4.69, 9.17) is 27.6 Å². The number of halogens is 2. The Morgan fingerprint density at radius 1 is 1.06 bits per heavy atom. The molecule has 0 spiro atoms. The summed E-state index contributed by atoms with van der Waals surface area (Å²) in [6, 6.07) is 15.1. The van der Waals surface area contributed by atoms with Gasteiger partial charge in [0.05, 0.1) is 17.3 Å². The smallest absolute Gasteiger partial charge is 0.269 e. The first-order chi connectivity index (χ1) is 15.5. The summed E-state index contributed by atoms with van der Waals surface area (Å²) in [5, 5.41) is 1.73. The molecule has 0 aliphatic carbocycles. The average molecular weight is 463 g/mol. The molecule has 8 heteroatoms. The van der Waals surface area contributed by atoms with E-state index in [1.165, 1.54) is 12.5 Å². The minimum absolute atomic E-state index is 0.0486. The lowest BCUT2D eigenvalue weighted by atomic mass is 10.1. The fourth-order valence-corrected chi connectivity index (χ4v) is 4.09. The van der Waals surface area contributed by atoms with Gasteiger partial charge in [0, 0.05) is 23.2 Å². The maximum Gasteiger partial charge on any atom is 0.269 e. The molecular formula is C24H16Cl2N4O2. The number of fused-ring (bicyclic) bond motifs is 1. The van der Waals surface area contributed by atoms with Gasteiger partial charge in [0.25, 0.3) is 11.7 Å². The molecule has 0 unspecified atom stereocenters. The van der Waals surface area contributed by atoms with Gasteiger partial charge in [0.1, 0.15) is 17.2 Å². The summed E-state index contributed by atoms with van der Waals surface area (Å²) in [5.41, 5.74) is 3.77. The summed E-state index contributed by atoms with van der Waals surface area (Å²) in [5.74, 6) is -0.0544. The fourth-order valence-electron chi connectivity index (χ4n) is 3.62. The van der Waals surface area contributed by atoms with Crippen LogP contribution in [0.15, 0.2) is 71.7 Å². The number of ketones is 1. The SMILES string of the molecule is Cc1ccc2c(c1)c(C(=O)c1ncc(-c3ccncn3)o1)c(Cl)n2Cc1ccc(Cl)cc1. The summed E-state index contributed by atoms with van der Waals surface area (Å²) in [6.07, 6.45) is 4.47. The van der Waals surface area contributed by atoms with E-state index in [-0.39, 0.29) is 11.7 Å². The highest BCUT2D eigenvalue weighted by atomic mass is 35.5. The zero-order chi connectivity index (χ0) is 22.2. The third kappa shape index (κ3) is 3.68. The van der Waals surface area contributed by atoms with Crippen molar-refractivity contribution in [1.29, 1.82) is 0 Å². The van der Waals surface area contributed by atoms with Crippen LogP contribution in [0.25, 0.3) is 22.4 Å². The van der Waals surface area contributed by atoms with Gasteiger partial charge in [-0.1, -0.05) is 47.0 Å². The van der Waals surface area contributed by atoms with Crippen LogP contribution in [0.4, 0.5) is 0 Å². The van der Waals surface area contributed by atoms with Crippen molar-refractivity contribution in [2.75, 3.05) is 0 Å². The van der Waals surface area contributed by atoms with Gasteiger partial charge >= 0.3 is 0 Å². The fraction of sp³-hybridized carbons (Fsp3) is 0.0833. The Morgan fingerprint density at radius 3 is 2.62 bits per heavy atom. The van der Waals surface area contributed by atoms with Crippen LogP contribution >= 0.6 is 23.2 Å². The van der Waals surface area contributed by atoms with E-state index >= 15 is 0 Å². The van der Waals surface area contributed by atoms with Crippen LogP contribution in [-0.2, 0) is 6.54 Å². The van der Waals surface area contributed by atoms with E-state index in [0.29, 0.717) is 33.7 Å². The van der Waals surface area contributed by atoms with Gasteiger partial charge in [0.2, 0.25) is 0 Å². The van der Waals surface area contributed by atoms with Crippen molar-refractivity contribution < 1.29 is 9.21 Å². The van der Waals surface area contributed by atoms with Crippen molar-refractivity contribution in [3.05, 3.63) is 100 Å². The summed E-state index contributed by atoms with van der Waals surface area (Å²) >= 11 is 12.8. The topological polar surface area (TPSA) is 73.8 Å². The van der Waals surface area contributed by atoms with Crippen LogP contribution < -0.4 is 0 Å². The van der Waals surface area contributed by atoms with E-state index < -0.39 is 0 Å². The molecule has 0 saturated heterocycles. The molecule has 2 aromatic carbocycles. The van der Waals surface area contributed by atoms with E-state index in [0.717, 1.165) is 22.0 Å². The van der Waals surface area contributed by atoms with Gasteiger partial charge in [-0.15, -0.1) is 0 Å². The van der Waals surface area contributed by atoms with E-state index in [1.807, 2.05) is 54.0 Å². The molecule has 3 aromatic heterocycles. The molecule has 0 fully saturated rings. The third-order valence-corrected chi connectivity index (χ3v) is 5.82. The average Bonchev–Trinajstić information content (AvgIpc) is 3.39. The number of benzene rings is 2. The van der Waals surface area contributed by atoms with Crippen molar-refractivity contribution in [2.24, 2.45) is 0 Å². The standard InChI is InChI=1S/C24H16Cl2N4O2/c1-14-2-7-19-17(10-14)21(23(26)30(19)12-15-3-5-16(25)6-4-15)22(31)24-28-11-20(32-24)18-8-9-27-13-29-18/h2-11,13H,12H2,1H3. The predicted octanol–water partition coefficient (Wildman–Crippen LogP) is 5.98. The minimum Gasteiger partial charge on any atom is -0.432 e. The van der Waals surface area contributed by atoms with Crippen molar-refractivity contribution in [3.63, 3.8) is 0 Å². The molecule has 158 valence electrons. The van der Waals surface area contributed by atoms with E-state index in [1.54, 1.807) is 12.3 Å². The summed E-state index contributed by atoms with van der Waals surface area (Å²) in [6.45, 7) is 2.46. The molecule has 3 heterocycles. The molecule has 0 atom stereocenters. The monoisotopic (exact) mass is 462 g/mol. The van der Waals surface area contributed by atoms with Gasteiger partial charge in [-0.2, -0.15) is 0 Å². The number of aromatic nitrogens is 4. The molecule has 0 aliphatic heterocycles. The van der Waals surface area contributed by atoms with Crippen molar-refractivity contribution in [3.8, 4) is 11.5 Å². The lowest BCUT2D eigenvalue weighted by Gasteiger charge is -2.08. The number of hydrogen-bond acceptors (Lipinski definition) is 5. The van der Waals surface area contributed by atoms with Crippen LogP contribution in [0, 0.1) is 6.92 Å². The molecule has 5 aromatic rings. The van der Waals surface area contributed by atoms with Crippen LogP contribution in [0.5, 0.6) is 0 Å². The Kier molecular flexibility index (Phi) is 5.25. The van der Waals surface area contributed by atoms with Gasteiger partial charge in [-0.05, 0) is 42.8 Å². The highest BCUT2D eigenvalue weighted by Gasteiger charge is 2.26. The molecule has 0 aliphatic rings. The van der Waals surface area contributed by atoms with Crippen LogP contribution in [0.2, 0.25) is 10.2 Å². The maximum absolute atomic E-state index is 13.4. The molecule has 0 radical (unpaired) electrons. The minimum atomic E-state index is -0.388. The largest absolute Gasteiger partial charge is 0.432 e. The second-order valence-corrected chi connectivity index (χ2v) is 8.15. The lowest BCUT2D eigenvalue weighted by molar-refractivity contribution is 0.100. The van der Waals surface area contributed by atoms with Crippen LogP contribution in [-0.4, -0.2) is 25.3 Å². The Bertz CT molecular complexity index is 1440. The number of carbonyl (C=O) groups is 1. The highest BCUT2D eigenvalue weighted by Crippen LogP contribution is 2.34. The number of oxazole rings is 1. The lowest BCUT2D eigenvalue weighted by Crippen LogP contribution is -2.04. The van der Waals surface area contributed by atoms with E-state index in [2.05, 4.69) is 15.0 Å². The molecule has 0 saturated carbocycles. The number of aryl methyl sites for hydroxylation is 1. The van der Waals surface area contributed by atoms with Crippen LogP contribution in [0.3, 0.4) is 0 Å². The second kappa shape index (κ2) is 8.22. The maximum atomic E-state index is 13.4. The first-order valence-corrected chi connectivity index (χ1v) is 10.6. The van der Waals surface area contributed by atoms with Crippen molar-refractivity contribution >= 4 is 39.9 Å². The number of carbonyl (C=O) groups excluding carboxylic acids is 1. The number of nitrogens with zero attached hydrogens (tertiary/aromatic N) is 4. The summed E-state index contributed by atoms with van der Waals surface area (Å²) in [7, 11) is 0. The number of rotatable bonds is 5.